The van der Waals surface area contributed by atoms with Crippen molar-refractivity contribution in [3.8, 4) is 0 Å². The van der Waals surface area contributed by atoms with E-state index in [9.17, 15) is 4.79 Å². The molecule has 1 amide bonds. The summed E-state index contributed by atoms with van der Waals surface area (Å²) < 4.78 is 2.31. The molecular weight excluding hydrogens is 394 g/mol. The molecule has 1 aliphatic rings. The van der Waals surface area contributed by atoms with E-state index in [1.54, 1.807) is 6.33 Å². The third-order valence-corrected chi connectivity index (χ3v) is 5.81. The smallest absolute Gasteiger partial charge is 0.231 e. The van der Waals surface area contributed by atoms with Gasteiger partial charge in [-0.2, -0.15) is 0 Å². The molecule has 0 aliphatic carbocycles. The van der Waals surface area contributed by atoms with Crippen molar-refractivity contribution in [3.63, 3.8) is 0 Å². The van der Waals surface area contributed by atoms with Crippen LogP contribution in [0.2, 0.25) is 0 Å². The molecule has 0 spiro atoms. The zero-order valence-corrected chi connectivity index (χ0v) is 17.3. The second-order valence-electron chi connectivity index (χ2n) is 8.01. The molecule has 31 heavy (non-hydrogen) atoms. The summed E-state index contributed by atoms with van der Waals surface area (Å²) in [6.07, 6.45) is 5.15. The summed E-state index contributed by atoms with van der Waals surface area (Å²) in [6, 6.07) is 8.25. The SMILES string of the molecule is C[C@H](Nc1ncnc2[nH]cnc12)c1nc2ccccc2n1[C@@H]1CCCN(CC(N)=O)C1. The first-order chi connectivity index (χ1) is 15.1. The van der Waals surface area contributed by atoms with Gasteiger partial charge in [-0.3, -0.25) is 9.69 Å². The molecule has 1 saturated heterocycles. The number of likely N-dealkylation sites (tertiary alicyclic amines) is 1. The quantitative estimate of drug-likeness (QED) is 0.436. The molecule has 4 heterocycles. The van der Waals surface area contributed by atoms with Gasteiger partial charge in [-0.15, -0.1) is 0 Å². The molecule has 1 aliphatic heterocycles. The maximum atomic E-state index is 11.5. The number of carbonyl (C=O) groups excluding carboxylic acids is 1. The maximum absolute atomic E-state index is 11.5. The van der Waals surface area contributed by atoms with Gasteiger partial charge < -0.3 is 20.6 Å². The van der Waals surface area contributed by atoms with Gasteiger partial charge in [0.1, 0.15) is 17.7 Å². The number of H-pyrrole nitrogens is 1. The number of para-hydroxylation sites is 2. The summed E-state index contributed by atoms with van der Waals surface area (Å²) >= 11 is 0. The van der Waals surface area contributed by atoms with Gasteiger partial charge in [0.05, 0.1) is 29.9 Å². The lowest BCUT2D eigenvalue weighted by molar-refractivity contribution is -0.119. The Morgan fingerprint density at radius 1 is 1.32 bits per heavy atom. The van der Waals surface area contributed by atoms with Crippen LogP contribution in [0.15, 0.2) is 36.9 Å². The molecule has 10 heteroatoms. The highest BCUT2D eigenvalue weighted by atomic mass is 16.1. The predicted molar refractivity (Wildman–Crippen MR) is 117 cm³/mol. The first-order valence-electron chi connectivity index (χ1n) is 10.5. The Morgan fingerprint density at radius 2 is 2.19 bits per heavy atom. The van der Waals surface area contributed by atoms with E-state index in [4.69, 9.17) is 10.7 Å². The van der Waals surface area contributed by atoms with E-state index >= 15 is 0 Å². The number of hydrogen-bond acceptors (Lipinski definition) is 7. The van der Waals surface area contributed by atoms with Crippen molar-refractivity contribution in [3.05, 3.63) is 42.7 Å². The fraction of sp³-hybridized carbons (Fsp3) is 0.381. The molecule has 4 aromatic rings. The molecule has 3 aromatic heterocycles. The summed E-state index contributed by atoms with van der Waals surface area (Å²) in [4.78, 5) is 34.5. The van der Waals surface area contributed by atoms with Gasteiger partial charge in [-0.1, -0.05) is 12.1 Å². The predicted octanol–water partition coefficient (Wildman–Crippen LogP) is 2.00. The second kappa shape index (κ2) is 7.95. The van der Waals surface area contributed by atoms with Crippen LogP contribution in [0.25, 0.3) is 22.2 Å². The van der Waals surface area contributed by atoms with Crippen molar-refractivity contribution >= 4 is 33.9 Å². The second-order valence-corrected chi connectivity index (χ2v) is 8.01. The van der Waals surface area contributed by atoms with Crippen molar-refractivity contribution in [1.29, 1.82) is 0 Å². The molecule has 0 radical (unpaired) electrons. The van der Waals surface area contributed by atoms with Crippen LogP contribution in [0.5, 0.6) is 0 Å². The Hall–Kier alpha value is -3.53. The zero-order valence-electron chi connectivity index (χ0n) is 17.3. The zero-order chi connectivity index (χ0) is 21.4. The highest BCUT2D eigenvalue weighted by molar-refractivity contribution is 5.82. The van der Waals surface area contributed by atoms with Crippen molar-refractivity contribution in [2.45, 2.75) is 31.8 Å². The molecule has 160 valence electrons. The summed E-state index contributed by atoms with van der Waals surface area (Å²) in [5.74, 6) is 1.30. The van der Waals surface area contributed by atoms with Gasteiger partial charge in [0.15, 0.2) is 11.5 Å². The van der Waals surface area contributed by atoms with E-state index in [0.717, 1.165) is 42.8 Å². The van der Waals surface area contributed by atoms with Gasteiger partial charge >= 0.3 is 0 Å². The van der Waals surface area contributed by atoms with Crippen molar-refractivity contribution < 1.29 is 4.79 Å². The molecule has 0 unspecified atom stereocenters. The number of fused-ring (bicyclic) bond motifs is 2. The fourth-order valence-electron chi connectivity index (χ4n) is 4.50. The van der Waals surface area contributed by atoms with Crippen LogP contribution in [0, 0.1) is 0 Å². The maximum Gasteiger partial charge on any atom is 0.231 e. The van der Waals surface area contributed by atoms with E-state index in [1.807, 2.05) is 18.2 Å². The summed E-state index contributed by atoms with van der Waals surface area (Å²) in [7, 11) is 0. The first kappa shape index (κ1) is 19.4. The van der Waals surface area contributed by atoms with E-state index < -0.39 is 0 Å². The van der Waals surface area contributed by atoms with Gasteiger partial charge in [0.25, 0.3) is 0 Å². The standard InChI is InChI=1S/C21H25N9O/c1-13(27-20-18-19(24-11-23-18)25-12-26-20)21-28-15-6-2-3-7-16(15)30(21)14-5-4-8-29(9-14)10-17(22)31/h2-3,6-7,11-14H,4-5,8-10H2,1H3,(H2,22,31)(H2,23,24,25,26,27)/t13-,14+/m0/s1. The average Bonchev–Trinajstić information content (AvgIpc) is 3.39. The number of anilines is 1. The Morgan fingerprint density at radius 3 is 3.06 bits per heavy atom. The monoisotopic (exact) mass is 419 g/mol. The number of imidazole rings is 2. The highest BCUT2D eigenvalue weighted by Crippen LogP contribution is 2.31. The topological polar surface area (TPSA) is 131 Å². The molecule has 5 rings (SSSR count). The van der Waals surface area contributed by atoms with Crippen LogP contribution in [0.3, 0.4) is 0 Å². The largest absolute Gasteiger partial charge is 0.369 e. The Bertz CT molecular complexity index is 1230. The molecular formula is C21H25N9O. The number of amides is 1. The number of nitrogens with one attached hydrogen (secondary N) is 2. The number of aromatic amines is 1. The van der Waals surface area contributed by atoms with Crippen LogP contribution in [0.4, 0.5) is 5.82 Å². The number of carbonyl (C=O) groups is 1. The van der Waals surface area contributed by atoms with Crippen molar-refractivity contribution in [1.82, 2.24) is 34.4 Å². The molecule has 0 saturated carbocycles. The van der Waals surface area contributed by atoms with Gasteiger partial charge in [0, 0.05) is 12.6 Å². The molecule has 10 nitrogen and oxygen atoms in total. The lowest BCUT2D eigenvalue weighted by Crippen LogP contribution is -2.41. The minimum absolute atomic E-state index is 0.117. The van der Waals surface area contributed by atoms with Crippen molar-refractivity contribution in [2.75, 3.05) is 25.0 Å². The number of rotatable bonds is 6. The summed E-state index contributed by atoms with van der Waals surface area (Å²) in [5, 5.41) is 3.47. The number of piperidine rings is 1. The van der Waals surface area contributed by atoms with E-state index in [-0.39, 0.29) is 24.5 Å². The number of aromatic nitrogens is 6. The molecule has 1 fully saturated rings. The van der Waals surface area contributed by atoms with Crippen LogP contribution >= 0.6 is 0 Å². The molecule has 2 atom stereocenters. The van der Waals surface area contributed by atoms with Crippen molar-refractivity contribution in [2.24, 2.45) is 5.73 Å². The Balaban J connectivity index is 1.51. The van der Waals surface area contributed by atoms with Crippen LogP contribution in [-0.4, -0.2) is 59.9 Å². The number of hydrogen-bond donors (Lipinski definition) is 3. The minimum atomic E-state index is -0.293. The average molecular weight is 419 g/mol. The highest BCUT2D eigenvalue weighted by Gasteiger charge is 2.28. The lowest BCUT2D eigenvalue weighted by atomic mass is 10.0. The fourth-order valence-corrected chi connectivity index (χ4v) is 4.50. The Kier molecular flexibility index (Phi) is 4.99. The van der Waals surface area contributed by atoms with Gasteiger partial charge in [-0.05, 0) is 38.4 Å². The van der Waals surface area contributed by atoms with Crippen LogP contribution in [0.1, 0.15) is 37.7 Å². The van der Waals surface area contributed by atoms with Gasteiger partial charge in [0.2, 0.25) is 5.91 Å². The molecule has 0 bridgehead atoms. The van der Waals surface area contributed by atoms with Crippen LogP contribution < -0.4 is 11.1 Å². The summed E-state index contributed by atoms with van der Waals surface area (Å²) in [6.45, 7) is 4.00. The number of nitrogens with zero attached hydrogens (tertiary/aromatic N) is 6. The summed E-state index contributed by atoms with van der Waals surface area (Å²) in [5.41, 5.74) is 8.87. The lowest BCUT2D eigenvalue weighted by Gasteiger charge is -2.34. The number of benzene rings is 1. The van der Waals surface area contributed by atoms with Gasteiger partial charge in [-0.25, -0.2) is 19.9 Å². The molecule has 4 N–H and O–H groups in total. The number of primary amides is 1. The van der Waals surface area contributed by atoms with E-state index in [2.05, 4.69) is 47.7 Å². The third kappa shape index (κ3) is 3.70. The van der Waals surface area contributed by atoms with Crippen LogP contribution in [-0.2, 0) is 4.79 Å². The Labute approximate surface area is 178 Å². The number of nitrogens with two attached hydrogens (primary N) is 1. The van der Waals surface area contributed by atoms with E-state index in [1.165, 1.54) is 6.33 Å². The minimum Gasteiger partial charge on any atom is -0.369 e. The first-order valence-corrected chi connectivity index (χ1v) is 10.5. The third-order valence-electron chi connectivity index (χ3n) is 5.81. The normalized spacial score (nSPS) is 18.4. The van der Waals surface area contributed by atoms with E-state index in [0.29, 0.717) is 17.0 Å². The molecule has 1 aromatic carbocycles.